The minimum Gasteiger partial charge on any atom is -0.348 e. The molecule has 1 aromatic heterocycles. The first-order chi connectivity index (χ1) is 15.7. The lowest BCUT2D eigenvalue weighted by Gasteiger charge is -2.07. The summed E-state index contributed by atoms with van der Waals surface area (Å²) < 4.78 is 41.7. The van der Waals surface area contributed by atoms with E-state index in [1.54, 1.807) is 37.3 Å². The van der Waals surface area contributed by atoms with E-state index in [9.17, 15) is 17.6 Å². The van der Waals surface area contributed by atoms with Gasteiger partial charge < -0.3 is 5.32 Å². The van der Waals surface area contributed by atoms with Crippen LogP contribution in [0.25, 0.3) is 11.8 Å². The Morgan fingerprint density at radius 3 is 2.48 bits per heavy atom. The number of nitrogens with zero attached hydrogens (tertiary/aromatic N) is 2. The Morgan fingerprint density at radius 1 is 1.18 bits per heavy atom. The van der Waals surface area contributed by atoms with E-state index in [1.165, 1.54) is 35.0 Å². The van der Waals surface area contributed by atoms with Gasteiger partial charge in [0.1, 0.15) is 11.0 Å². The highest BCUT2D eigenvalue weighted by Crippen LogP contribution is 2.25. The number of benzene rings is 2. The van der Waals surface area contributed by atoms with Crippen molar-refractivity contribution in [2.75, 3.05) is 0 Å². The number of halogens is 2. The van der Waals surface area contributed by atoms with Crippen molar-refractivity contribution in [3.05, 3.63) is 82.4 Å². The maximum atomic E-state index is 13.2. The molecule has 1 heterocycles. The SMILES string of the molecule is Cc1nn(-c2ccc(F)cc2)c(Cl)c1C=CC(=O)NCc1ccc(S(=O)(=O)NC2CC2)cc1. The largest absolute Gasteiger partial charge is 0.348 e. The number of aromatic nitrogens is 2. The van der Waals surface area contributed by atoms with Crippen molar-refractivity contribution in [2.45, 2.75) is 37.2 Å². The third kappa shape index (κ3) is 5.68. The van der Waals surface area contributed by atoms with Crippen LogP contribution >= 0.6 is 11.6 Å². The lowest BCUT2D eigenvalue weighted by molar-refractivity contribution is -0.116. The van der Waals surface area contributed by atoms with Crippen LogP contribution in [-0.4, -0.2) is 30.1 Å². The first kappa shape index (κ1) is 23.2. The summed E-state index contributed by atoms with van der Waals surface area (Å²) in [4.78, 5) is 12.5. The van der Waals surface area contributed by atoms with Gasteiger partial charge in [0.2, 0.25) is 15.9 Å². The van der Waals surface area contributed by atoms with Gasteiger partial charge in [0.15, 0.2) is 0 Å². The van der Waals surface area contributed by atoms with Gasteiger partial charge in [-0.05, 0) is 67.8 Å². The van der Waals surface area contributed by atoms with Crippen LogP contribution in [0.5, 0.6) is 0 Å². The van der Waals surface area contributed by atoms with Crippen molar-refractivity contribution in [1.82, 2.24) is 19.8 Å². The summed E-state index contributed by atoms with van der Waals surface area (Å²) in [5, 5.41) is 7.41. The van der Waals surface area contributed by atoms with Gasteiger partial charge >= 0.3 is 0 Å². The molecular weight excluding hydrogens is 467 g/mol. The first-order valence-corrected chi connectivity index (χ1v) is 12.2. The van der Waals surface area contributed by atoms with E-state index < -0.39 is 10.0 Å². The molecule has 0 unspecified atom stereocenters. The highest BCUT2D eigenvalue weighted by Gasteiger charge is 2.27. The second-order valence-electron chi connectivity index (χ2n) is 7.77. The van der Waals surface area contributed by atoms with Gasteiger partial charge in [-0.3, -0.25) is 4.79 Å². The molecule has 2 aromatic carbocycles. The zero-order chi connectivity index (χ0) is 23.6. The molecule has 1 aliphatic rings. The molecule has 0 bridgehead atoms. The maximum Gasteiger partial charge on any atom is 0.244 e. The molecule has 172 valence electrons. The zero-order valence-corrected chi connectivity index (χ0v) is 19.3. The van der Waals surface area contributed by atoms with Gasteiger partial charge in [0.05, 0.1) is 16.3 Å². The summed E-state index contributed by atoms with van der Waals surface area (Å²) in [6.07, 6.45) is 4.66. The second-order valence-corrected chi connectivity index (χ2v) is 9.84. The molecule has 4 rings (SSSR count). The van der Waals surface area contributed by atoms with Crippen LogP contribution in [0.15, 0.2) is 59.5 Å². The Hall–Kier alpha value is -3.01. The average molecular weight is 489 g/mol. The maximum absolute atomic E-state index is 13.2. The molecule has 33 heavy (non-hydrogen) atoms. The zero-order valence-electron chi connectivity index (χ0n) is 17.8. The normalized spacial score (nSPS) is 14.0. The lowest BCUT2D eigenvalue weighted by Crippen LogP contribution is -2.25. The monoisotopic (exact) mass is 488 g/mol. The van der Waals surface area contributed by atoms with E-state index >= 15 is 0 Å². The molecule has 2 N–H and O–H groups in total. The van der Waals surface area contributed by atoms with Crippen LogP contribution in [-0.2, 0) is 21.4 Å². The predicted molar refractivity (Wildman–Crippen MR) is 124 cm³/mol. The van der Waals surface area contributed by atoms with E-state index in [1.807, 2.05) is 0 Å². The summed E-state index contributed by atoms with van der Waals surface area (Å²) in [6.45, 7) is 2.00. The molecule has 1 aliphatic carbocycles. The number of carbonyl (C=O) groups excluding carboxylic acids is 1. The molecule has 0 spiro atoms. The topological polar surface area (TPSA) is 93.1 Å². The van der Waals surface area contributed by atoms with E-state index in [-0.39, 0.29) is 29.2 Å². The number of hydrogen-bond acceptors (Lipinski definition) is 4. The van der Waals surface area contributed by atoms with E-state index in [2.05, 4.69) is 15.1 Å². The summed E-state index contributed by atoms with van der Waals surface area (Å²) in [5.41, 5.74) is 2.56. The van der Waals surface area contributed by atoms with Gasteiger partial charge in [0, 0.05) is 24.2 Å². The molecule has 3 aromatic rings. The minimum atomic E-state index is -3.50. The van der Waals surface area contributed by atoms with Crippen LogP contribution in [0.3, 0.4) is 0 Å². The Labute approximate surface area is 196 Å². The number of carbonyl (C=O) groups is 1. The lowest BCUT2D eigenvalue weighted by atomic mass is 10.2. The first-order valence-electron chi connectivity index (χ1n) is 10.3. The summed E-state index contributed by atoms with van der Waals surface area (Å²) in [7, 11) is -3.50. The molecule has 1 fully saturated rings. The van der Waals surface area contributed by atoms with Gasteiger partial charge in [-0.1, -0.05) is 23.7 Å². The van der Waals surface area contributed by atoms with Crippen molar-refractivity contribution < 1.29 is 17.6 Å². The smallest absolute Gasteiger partial charge is 0.244 e. The average Bonchev–Trinajstić information content (AvgIpc) is 3.55. The van der Waals surface area contributed by atoms with Gasteiger partial charge in [-0.25, -0.2) is 22.2 Å². The number of nitrogens with one attached hydrogen (secondary N) is 2. The Bertz CT molecular complexity index is 1300. The van der Waals surface area contributed by atoms with Crippen molar-refractivity contribution in [1.29, 1.82) is 0 Å². The van der Waals surface area contributed by atoms with Crippen molar-refractivity contribution >= 4 is 33.6 Å². The molecule has 7 nitrogen and oxygen atoms in total. The highest BCUT2D eigenvalue weighted by atomic mass is 35.5. The van der Waals surface area contributed by atoms with Gasteiger partial charge in [0.25, 0.3) is 0 Å². The second kappa shape index (κ2) is 9.46. The van der Waals surface area contributed by atoms with Crippen LogP contribution in [0.4, 0.5) is 4.39 Å². The fourth-order valence-electron chi connectivity index (χ4n) is 3.14. The Morgan fingerprint density at radius 2 is 1.85 bits per heavy atom. The summed E-state index contributed by atoms with van der Waals surface area (Å²) >= 11 is 6.42. The highest BCUT2D eigenvalue weighted by molar-refractivity contribution is 7.89. The van der Waals surface area contributed by atoms with Crippen LogP contribution in [0.1, 0.15) is 29.7 Å². The molecule has 0 radical (unpaired) electrons. The standard InChI is InChI=1S/C23H22ClFN4O3S/c1-15-21(23(24)29(27-15)19-8-4-17(25)5-9-19)12-13-22(30)26-14-16-2-10-20(11-3-16)33(31,32)28-18-6-7-18/h2-5,8-13,18,28H,6-7,14H2,1H3,(H,26,30). The Kier molecular flexibility index (Phi) is 6.64. The third-order valence-corrected chi connectivity index (χ3v) is 7.02. The van der Waals surface area contributed by atoms with Crippen LogP contribution in [0.2, 0.25) is 5.15 Å². The quantitative estimate of drug-likeness (QED) is 0.472. The van der Waals surface area contributed by atoms with E-state index in [0.717, 1.165) is 18.4 Å². The number of rotatable bonds is 8. The van der Waals surface area contributed by atoms with Gasteiger partial charge in [-0.15, -0.1) is 0 Å². The molecule has 0 saturated heterocycles. The van der Waals surface area contributed by atoms with Crippen molar-refractivity contribution in [3.63, 3.8) is 0 Å². The molecule has 0 aliphatic heterocycles. The number of hydrogen-bond donors (Lipinski definition) is 2. The van der Waals surface area contributed by atoms with Crippen molar-refractivity contribution in [2.24, 2.45) is 0 Å². The van der Waals surface area contributed by atoms with Crippen molar-refractivity contribution in [3.8, 4) is 5.69 Å². The molecule has 1 amide bonds. The third-order valence-electron chi connectivity index (χ3n) is 5.12. The molecule has 0 atom stereocenters. The number of amides is 1. The number of aryl methyl sites for hydroxylation is 1. The molecule has 10 heteroatoms. The molecular formula is C23H22ClFN4O3S. The van der Waals surface area contributed by atoms with Crippen LogP contribution in [0, 0.1) is 12.7 Å². The Balaban J connectivity index is 1.37. The molecule has 1 saturated carbocycles. The summed E-state index contributed by atoms with van der Waals surface area (Å²) in [6, 6.07) is 12.2. The number of sulfonamides is 1. The van der Waals surface area contributed by atoms with Gasteiger partial charge in [-0.2, -0.15) is 5.10 Å². The predicted octanol–water partition coefficient (Wildman–Crippen LogP) is 3.74. The summed E-state index contributed by atoms with van der Waals surface area (Å²) in [5.74, 6) is -0.700. The minimum absolute atomic E-state index is 0.0423. The fourth-order valence-corrected chi connectivity index (χ4v) is 4.78. The van der Waals surface area contributed by atoms with E-state index in [0.29, 0.717) is 22.1 Å². The fraction of sp³-hybridized carbons (Fsp3) is 0.217. The van der Waals surface area contributed by atoms with E-state index in [4.69, 9.17) is 11.6 Å². The van der Waals surface area contributed by atoms with Crippen LogP contribution < -0.4 is 10.0 Å².